The number of benzene rings is 4. The lowest BCUT2D eigenvalue weighted by atomic mass is 9.97. The third-order valence-corrected chi connectivity index (χ3v) is 8.11. The van der Waals surface area contributed by atoms with Gasteiger partial charge in [-0.3, -0.25) is 9.10 Å². The summed E-state index contributed by atoms with van der Waals surface area (Å²) in [5.74, 6) is -0.117. The standard InChI is InChI=1S/C31H23FN2O4S/c1-34(39(2,36)37)29-17-30-25(26(18-35)31(38-30)19-10-12-23(32)13-11-19)16-24(29)20-7-5-8-21(14-20)28-15-22-6-3-4-9-27(22)33-28/h3-18,33H,1-2H3. The Balaban J connectivity index is 1.58. The Morgan fingerprint density at radius 3 is 2.33 bits per heavy atom. The Hall–Kier alpha value is -4.69. The highest BCUT2D eigenvalue weighted by Crippen LogP contribution is 2.41. The number of nitrogens with one attached hydrogen (secondary N) is 1. The topological polar surface area (TPSA) is 83.4 Å². The Morgan fingerprint density at radius 1 is 0.872 bits per heavy atom. The van der Waals surface area contributed by atoms with E-state index in [1.807, 2.05) is 48.5 Å². The molecule has 1 N–H and O–H groups in total. The van der Waals surface area contributed by atoms with Crippen LogP contribution in [0.3, 0.4) is 0 Å². The molecule has 0 atom stereocenters. The number of aldehydes is 1. The van der Waals surface area contributed by atoms with E-state index in [2.05, 4.69) is 11.1 Å². The highest BCUT2D eigenvalue weighted by Gasteiger charge is 2.23. The molecule has 0 unspecified atom stereocenters. The van der Waals surface area contributed by atoms with E-state index in [0.29, 0.717) is 39.6 Å². The van der Waals surface area contributed by atoms with Gasteiger partial charge in [0.05, 0.1) is 17.5 Å². The van der Waals surface area contributed by atoms with E-state index < -0.39 is 15.8 Å². The number of rotatable bonds is 6. The Morgan fingerprint density at radius 2 is 1.62 bits per heavy atom. The van der Waals surface area contributed by atoms with Gasteiger partial charge in [-0.25, -0.2) is 12.8 Å². The van der Waals surface area contributed by atoms with Crippen LogP contribution in [0, 0.1) is 5.82 Å². The van der Waals surface area contributed by atoms with Crippen molar-refractivity contribution in [1.82, 2.24) is 4.98 Å². The van der Waals surface area contributed by atoms with Gasteiger partial charge in [-0.05, 0) is 59.7 Å². The molecular weight excluding hydrogens is 515 g/mol. The van der Waals surface area contributed by atoms with Crippen LogP contribution in [0.2, 0.25) is 0 Å². The monoisotopic (exact) mass is 538 g/mol. The smallest absolute Gasteiger partial charge is 0.232 e. The number of hydrogen-bond donors (Lipinski definition) is 1. The predicted molar refractivity (Wildman–Crippen MR) is 153 cm³/mol. The SMILES string of the molecule is CN(c1cc2oc(-c3ccc(F)cc3)c(C=O)c2cc1-c1cccc(-c2cc3ccccc3[nH]2)c1)S(C)(=O)=O. The summed E-state index contributed by atoms with van der Waals surface area (Å²) >= 11 is 0. The molecule has 0 spiro atoms. The van der Waals surface area contributed by atoms with E-state index in [1.54, 1.807) is 12.1 Å². The average Bonchev–Trinajstić information content (AvgIpc) is 3.53. The molecule has 39 heavy (non-hydrogen) atoms. The molecule has 6 nitrogen and oxygen atoms in total. The maximum atomic E-state index is 13.5. The summed E-state index contributed by atoms with van der Waals surface area (Å²) in [4.78, 5) is 15.7. The summed E-state index contributed by atoms with van der Waals surface area (Å²) in [6.07, 6.45) is 1.83. The van der Waals surface area contributed by atoms with Gasteiger partial charge in [0.25, 0.3) is 0 Å². The summed E-state index contributed by atoms with van der Waals surface area (Å²) in [7, 11) is -2.15. The first-order chi connectivity index (χ1) is 18.7. The van der Waals surface area contributed by atoms with Crippen molar-refractivity contribution >= 4 is 43.9 Å². The van der Waals surface area contributed by atoms with Gasteiger partial charge in [0, 0.05) is 46.2 Å². The molecule has 0 aliphatic carbocycles. The minimum atomic E-state index is -3.63. The number of carbonyl (C=O) groups excluding carboxylic acids is 1. The van der Waals surface area contributed by atoms with Gasteiger partial charge in [-0.1, -0.05) is 36.4 Å². The Kier molecular flexibility index (Phi) is 5.84. The molecule has 8 heteroatoms. The lowest BCUT2D eigenvalue weighted by molar-refractivity contribution is 0.112. The lowest BCUT2D eigenvalue weighted by Gasteiger charge is -2.21. The third-order valence-electron chi connectivity index (χ3n) is 6.92. The van der Waals surface area contributed by atoms with Crippen LogP contribution in [0.5, 0.6) is 0 Å². The molecule has 0 saturated heterocycles. The number of nitrogens with zero attached hydrogens (tertiary/aromatic N) is 1. The zero-order valence-corrected chi connectivity index (χ0v) is 21.9. The van der Waals surface area contributed by atoms with E-state index in [4.69, 9.17) is 4.42 Å². The van der Waals surface area contributed by atoms with E-state index in [9.17, 15) is 17.6 Å². The zero-order chi connectivity index (χ0) is 27.3. The molecular formula is C31H23FN2O4S. The maximum Gasteiger partial charge on any atom is 0.232 e. The Bertz CT molecular complexity index is 1960. The van der Waals surface area contributed by atoms with Gasteiger partial charge in [0.15, 0.2) is 6.29 Å². The van der Waals surface area contributed by atoms with E-state index in [-0.39, 0.29) is 5.76 Å². The van der Waals surface area contributed by atoms with Crippen LogP contribution in [0.1, 0.15) is 10.4 Å². The first kappa shape index (κ1) is 24.6. The average molecular weight is 539 g/mol. The fraction of sp³-hybridized carbons (Fsp3) is 0.0645. The molecule has 0 saturated carbocycles. The molecule has 4 aromatic carbocycles. The van der Waals surface area contributed by atoms with Crippen molar-refractivity contribution in [1.29, 1.82) is 0 Å². The van der Waals surface area contributed by atoms with Crippen LogP contribution >= 0.6 is 0 Å². The van der Waals surface area contributed by atoms with Gasteiger partial charge in [-0.2, -0.15) is 0 Å². The van der Waals surface area contributed by atoms with E-state index in [0.717, 1.165) is 34.0 Å². The van der Waals surface area contributed by atoms with Crippen molar-refractivity contribution in [2.24, 2.45) is 0 Å². The number of H-pyrrole nitrogens is 1. The number of sulfonamides is 1. The van der Waals surface area contributed by atoms with Gasteiger partial charge in [0.1, 0.15) is 17.2 Å². The summed E-state index contributed by atoms with van der Waals surface area (Å²) in [6, 6.07) is 26.9. The summed E-state index contributed by atoms with van der Waals surface area (Å²) in [5.41, 5.74) is 5.82. The van der Waals surface area contributed by atoms with Crippen molar-refractivity contribution in [3.8, 4) is 33.7 Å². The number of anilines is 1. The lowest BCUT2D eigenvalue weighted by Crippen LogP contribution is -2.25. The third kappa shape index (κ3) is 4.38. The fourth-order valence-corrected chi connectivity index (χ4v) is 5.35. The molecule has 0 fully saturated rings. The highest BCUT2D eigenvalue weighted by atomic mass is 32.2. The van der Waals surface area contributed by atoms with E-state index in [1.165, 1.54) is 35.6 Å². The van der Waals surface area contributed by atoms with E-state index >= 15 is 0 Å². The van der Waals surface area contributed by atoms with Crippen molar-refractivity contribution < 1.29 is 22.0 Å². The minimum Gasteiger partial charge on any atom is -0.455 e. The second kappa shape index (κ2) is 9.25. The number of fused-ring (bicyclic) bond motifs is 2. The number of aromatic amines is 1. The molecule has 194 valence electrons. The van der Waals surface area contributed by atoms with Crippen molar-refractivity contribution in [3.63, 3.8) is 0 Å². The largest absolute Gasteiger partial charge is 0.455 e. The summed E-state index contributed by atoms with van der Waals surface area (Å²) in [6.45, 7) is 0. The molecule has 0 aliphatic heterocycles. The normalized spacial score (nSPS) is 11.8. The quantitative estimate of drug-likeness (QED) is 0.226. The van der Waals surface area contributed by atoms with Crippen molar-refractivity contribution in [3.05, 3.63) is 102 Å². The molecule has 0 radical (unpaired) electrons. The summed E-state index contributed by atoms with van der Waals surface area (Å²) < 4.78 is 46.0. The number of para-hydroxylation sites is 1. The van der Waals surface area contributed by atoms with Gasteiger partial charge in [0.2, 0.25) is 10.0 Å². The van der Waals surface area contributed by atoms with Gasteiger partial charge < -0.3 is 9.40 Å². The van der Waals surface area contributed by atoms with Crippen LogP contribution in [-0.2, 0) is 10.0 Å². The van der Waals surface area contributed by atoms with Gasteiger partial charge >= 0.3 is 0 Å². The zero-order valence-electron chi connectivity index (χ0n) is 21.1. The Labute approximate surface area is 224 Å². The first-order valence-electron chi connectivity index (χ1n) is 12.2. The molecule has 2 aromatic heterocycles. The van der Waals surface area contributed by atoms with Crippen molar-refractivity contribution in [2.75, 3.05) is 17.6 Å². The maximum absolute atomic E-state index is 13.5. The van der Waals surface area contributed by atoms with Crippen LogP contribution in [-0.4, -0.2) is 33.0 Å². The summed E-state index contributed by atoms with van der Waals surface area (Å²) in [5, 5.41) is 1.61. The van der Waals surface area contributed by atoms with Crippen LogP contribution in [0.15, 0.2) is 95.4 Å². The molecule has 6 rings (SSSR count). The number of aromatic nitrogens is 1. The number of carbonyl (C=O) groups is 1. The number of furan rings is 1. The number of hydrogen-bond acceptors (Lipinski definition) is 4. The minimum absolute atomic E-state index is 0.289. The number of halogens is 1. The van der Waals surface area contributed by atoms with Gasteiger partial charge in [-0.15, -0.1) is 0 Å². The molecule has 6 aromatic rings. The fourth-order valence-electron chi connectivity index (χ4n) is 4.84. The molecule has 2 heterocycles. The second-order valence-electron chi connectivity index (χ2n) is 9.42. The van der Waals surface area contributed by atoms with Crippen LogP contribution in [0.25, 0.3) is 55.6 Å². The van der Waals surface area contributed by atoms with Crippen LogP contribution < -0.4 is 4.31 Å². The highest BCUT2D eigenvalue weighted by molar-refractivity contribution is 7.92. The second-order valence-corrected chi connectivity index (χ2v) is 11.4. The molecule has 0 aliphatic rings. The molecule has 0 amide bonds. The van der Waals surface area contributed by atoms with Crippen LogP contribution in [0.4, 0.5) is 10.1 Å². The first-order valence-corrected chi connectivity index (χ1v) is 14.0. The van der Waals surface area contributed by atoms with Crippen molar-refractivity contribution in [2.45, 2.75) is 0 Å². The predicted octanol–water partition coefficient (Wildman–Crippen LogP) is 7.26. The molecule has 0 bridgehead atoms.